The number of ketones is 1. The Morgan fingerprint density at radius 1 is 1.26 bits per heavy atom. The van der Waals surface area contributed by atoms with Gasteiger partial charge in [0.15, 0.2) is 5.78 Å². The fourth-order valence-electron chi connectivity index (χ4n) is 7.29. The second-order valence-corrected chi connectivity index (χ2v) is 9.49. The molecule has 0 bridgehead atoms. The lowest BCUT2D eigenvalue weighted by molar-refractivity contribution is -0.124. The van der Waals surface area contributed by atoms with Crippen molar-refractivity contribution in [3.63, 3.8) is 0 Å². The molecule has 0 aliphatic heterocycles. The number of fused-ring (bicyclic) bond motifs is 5. The zero-order chi connectivity index (χ0) is 19.4. The Bertz CT molecular complexity index is 726. The standard InChI is InChI=1S/C22H31NO4/c1-21-8-7-14(26)9-13(21)3-4-15-16-5-6-17(18(11-24)23-12-25)22(16,2)10-19(27)20(15)21/h9,12,15-16,19-20,24,27H,3-8,10-11H2,1-2H3,(H,23,25)/b18-17+/t15-,16-,19-,20+,21-,22-/m0/s1. The van der Waals surface area contributed by atoms with Crippen LogP contribution in [0, 0.1) is 28.6 Å². The highest BCUT2D eigenvalue weighted by atomic mass is 16.3. The van der Waals surface area contributed by atoms with Crippen LogP contribution in [0.4, 0.5) is 0 Å². The number of hydrogen-bond donors (Lipinski definition) is 3. The summed E-state index contributed by atoms with van der Waals surface area (Å²) in [5, 5.41) is 23.8. The summed E-state index contributed by atoms with van der Waals surface area (Å²) >= 11 is 0. The van der Waals surface area contributed by atoms with Crippen molar-refractivity contribution in [1.29, 1.82) is 0 Å². The molecule has 3 fully saturated rings. The van der Waals surface area contributed by atoms with E-state index in [2.05, 4.69) is 19.2 Å². The molecule has 0 unspecified atom stereocenters. The zero-order valence-electron chi connectivity index (χ0n) is 16.3. The van der Waals surface area contributed by atoms with Gasteiger partial charge in [0.05, 0.1) is 12.7 Å². The predicted molar refractivity (Wildman–Crippen MR) is 101 cm³/mol. The molecule has 5 nitrogen and oxygen atoms in total. The number of hydrogen-bond acceptors (Lipinski definition) is 4. The molecule has 0 heterocycles. The minimum Gasteiger partial charge on any atom is -0.393 e. The third-order valence-electron chi connectivity index (χ3n) is 8.44. The van der Waals surface area contributed by atoms with E-state index in [0.29, 0.717) is 36.8 Å². The first kappa shape index (κ1) is 18.9. The second-order valence-electron chi connectivity index (χ2n) is 9.49. The molecule has 0 aromatic rings. The molecule has 3 N–H and O–H groups in total. The first-order valence-electron chi connectivity index (χ1n) is 10.3. The van der Waals surface area contributed by atoms with Crippen molar-refractivity contribution in [3.8, 4) is 0 Å². The van der Waals surface area contributed by atoms with E-state index in [1.807, 2.05) is 6.08 Å². The maximum atomic E-state index is 11.9. The van der Waals surface area contributed by atoms with Crippen molar-refractivity contribution in [2.75, 3.05) is 6.61 Å². The summed E-state index contributed by atoms with van der Waals surface area (Å²) in [5.74, 6) is 1.30. The maximum absolute atomic E-state index is 11.9. The minimum absolute atomic E-state index is 0.0785. The molecule has 0 spiro atoms. The lowest BCUT2D eigenvalue weighted by Gasteiger charge is -2.59. The van der Waals surface area contributed by atoms with E-state index in [0.717, 1.165) is 37.7 Å². The number of allylic oxidation sites excluding steroid dienone is 2. The Morgan fingerprint density at radius 3 is 2.74 bits per heavy atom. The number of nitrogens with one attached hydrogen (secondary N) is 1. The fraction of sp³-hybridized carbons (Fsp3) is 0.727. The molecule has 1 amide bonds. The van der Waals surface area contributed by atoms with E-state index in [9.17, 15) is 19.8 Å². The number of rotatable bonds is 3. The van der Waals surface area contributed by atoms with Gasteiger partial charge in [0, 0.05) is 12.1 Å². The predicted octanol–water partition coefficient (Wildman–Crippen LogP) is 2.48. The van der Waals surface area contributed by atoms with Crippen LogP contribution >= 0.6 is 0 Å². The number of aliphatic hydroxyl groups excluding tert-OH is 2. The van der Waals surface area contributed by atoms with Gasteiger partial charge in [-0.15, -0.1) is 0 Å². The maximum Gasteiger partial charge on any atom is 0.211 e. The molecule has 148 valence electrons. The molecule has 0 aromatic heterocycles. The largest absolute Gasteiger partial charge is 0.393 e. The van der Waals surface area contributed by atoms with Crippen molar-refractivity contribution in [2.24, 2.45) is 28.6 Å². The SMILES string of the molecule is C[C@]12CCC(=O)C=C1CC[C@@H]1[C@@H]2[C@@H](O)C[C@]2(C)/C(=C(\CO)NC=O)CC[C@@H]12. The third-order valence-corrected chi connectivity index (χ3v) is 8.44. The Hall–Kier alpha value is -1.46. The molecule has 4 aliphatic rings. The van der Waals surface area contributed by atoms with E-state index < -0.39 is 6.10 Å². The topological polar surface area (TPSA) is 86.6 Å². The van der Waals surface area contributed by atoms with E-state index in [4.69, 9.17) is 0 Å². The van der Waals surface area contributed by atoms with Crippen molar-refractivity contribution >= 4 is 12.2 Å². The van der Waals surface area contributed by atoms with E-state index in [1.165, 1.54) is 5.57 Å². The molecule has 4 rings (SSSR count). The Morgan fingerprint density at radius 2 is 2.04 bits per heavy atom. The molecule has 3 saturated carbocycles. The van der Waals surface area contributed by atoms with Gasteiger partial charge in [0.2, 0.25) is 6.41 Å². The number of carbonyl (C=O) groups is 2. The first-order valence-corrected chi connectivity index (χ1v) is 10.3. The lowest BCUT2D eigenvalue weighted by Crippen LogP contribution is -2.56. The van der Waals surface area contributed by atoms with Crippen LogP contribution in [0.15, 0.2) is 22.9 Å². The van der Waals surface area contributed by atoms with Crippen LogP contribution in [0.1, 0.15) is 58.8 Å². The molecule has 4 aliphatic carbocycles. The Balaban J connectivity index is 1.73. The second kappa shape index (κ2) is 6.56. The monoisotopic (exact) mass is 373 g/mol. The van der Waals surface area contributed by atoms with E-state index in [1.54, 1.807) is 0 Å². The lowest BCUT2D eigenvalue weighted by atomic mass is 9.46. The van der Waals surface area contributed by atoms with Gasteiger partial charge >= 0.3 is 0 Å². The highest BCUT2D eigenvalue weighted by Gasteiger charge is 2.61. The van der Waals surface area contributed by atoms with Crippen molar-refractivity contribution in [3.05, 3.63) is 22.9 Å². The summed E-state index contributed by atoms with van der Waals surface area (Å²) in [6.45, 7) is 4.29. The van der Waals surface area contributed by atoms with Crippen LogP contribution in [0.5, 0.6) is 0 Å². The third kappa shape index (κ3) is 2.65. The smallest absolute Gasteiger partial charge is 0.211 e. The average molecular weight is 373 g/mol. The highest BCUT2D eigenvalue weighted by molar-refractivity contribution is 5.91. The molecular weight excluding hydrogens is 342 g/mol. The summed E-state index contributed by atoms with van der Waals surface area (Å²) in [5.41, 5.74) is 2.72. The quantitative estimate of drug-likeness (QED) is 0.664. The van der Waals surface area contributed by atoms with Crippen LogP contribution in [0.25, 0.3) is 0 Å². The van der Waals surface area contributed by atoms with Gasteiger partial charge < -0.3 is 15.5 Å². The van der Waals surface area contributed by atoms with Crippen molar-refractivity contribution in [2.45, 2.75) is 64.9 Å². The normalized spacial score (nSPS) is 45.3. The summed E-state index contributed by atoms with van der Waals surface area (Å²) in [4.78, 5) is 22.9. The number of amides is 1. The summed E-state index contributed by atoms with van der Waals surface area (Å²) in [6, 6.07) is 0. The first-order chi connectivity index (χ1) is 12.8. The van der Waals surface area contributed by atoms with Crippen LogP contribution in [-0.2, 0) is 9.59 Å². The molecular formula is C22H31NO4. The van der Waals surface area contributed by atoms with Gasteiger partial charge in [-0.05, 0) is 78.8 Å². The van der Waals surface area contributed by atoms with Gasteiger partial charge in [0.25, 0.3) is 0 Å². The molecule has 0 aromatic carbocycles. The summed E-state index contributed by atoms with van der Waals surface area (Å²) in [7, 11) is 0. The van der Waals surface area contributed by atoms with Gasteiger partial charge in [-0.25, -0.2) is 0 Å². The van der Waals surface area contributed by atoms with Crippen LogP contribution in [-0.4, -0.2) is 35.1 Å². The molecule has 6 atom stereocenters. The molecule has 0 saturated heterocycles. The Kier molecular flexibility index (Phi) is 4.59. The molecule has 0 radical (unpaired) electrons. The molecule has 27 heavy (non-hydrogen) atoms. The van der Waals surface area contributed by atoms with E-state index in [-0.39, 0.29) is 29.1 Å². The van der Waals surface area contributed by atoms with Crippen LogP contribution < -0.4 is 5.32 Å². The van der Waals surface area contributed by atoms with E-state index >= 15 is 0 Å². The number of aliphatic hydroxyl groups is 2. The van der Waals surface area contributed by atoms with Crippen molar-refractivity contribution < 1.29 is 19.8 Å². The summed E-state index contributed by atoms with van der Waals surface area (Å²) in [6.07, 6.45) is 8.02. The van der Waals surface area contributed by atoms with Gasteiger partial charge in [0.1, 0.15) is 0 Å². The highest BCUT2D eigenvalue weighted by Crippen LogP contribution is 2.66. The van der Waals surface area contributed by atoms with Gasteiger partial charge in [-0.2, -0.15) is 0 Å². The van der Waals surface area contributed by atoms with Gasteiger partial charge in [-0.1, -0.05) is 19.4 Å². The minimum atomic E-state index is -0.428. The fourth-order valence-corrected chi connectivity index (χ4v) is 7.29. The van der Waals surface area contributed by atoms with Crippen LogP contribution in [0.3, 0.4) is 0 Å². The van der Waals surface area contributed by atoms with Crippen LogP contribution in [0.2, 0.25) is 0 Å². The molecule has 5 heteroatoms. The Labute approximate surface area is 160 Å². The average Bonchev–Trinajstić information content (AvgIpc) is 2.96. The van der Waals surface area contributed by atoms with Gasteiger partial charge in [-0.3, -0.25) is 9.59 Å². The summed E-state index contributed by atoms with van der Waals surface area (Å²) < 4.78 is 0. The van der Waals surface area contributed by atoms with Crippen molar-refractivity contribution in [1.82, 2.24) is 5.32 Å². The number of carbonyl (C=O) groups excluding carboxylic acids is 2. The zero-order valence-corrected chi connectivity index (χ0v) is 16.3.